The minimum Gasteiger partial charge on any atom is -0.493 e. The van der Waals surface area contributed by atoms with Crippen molar-refractivity contribution < 1.29 is 23.5 Å². The lowest BCUT2D eigenvalue weighted by molar-refractivity contribution is -0.121. The van der Waals surface area contributed by atoms with Crippen molar-refractivity contribution in [3.8, 4) is 11.5 Å². The molecule has 1 aliphatic heterocycles. The maximum absolute atomic E-state index is 13.7. The van der Waals surface area contributed by atoms with Gasteiger partial charge in [-0.25, -0.2) is 9.18 Å². The average molecular weight is 391 g/mol. The summed E-state index contributed by atoms with van der Waals surface area (Å²) in [5.74, 6) is -0.261. The van der Waals surface area contributed by atoms with Crippen molar-refractivity contribution in [2.45, 2.75) is 6.61 Å². The van der Waals surface area contributed by atoms with Gasteiger partial charge in [-0.1, -0.05) is 29.8 Å². The molecule has 0 aromatic heterocycles. The Bertz CT molecular complexity index is 945. The summed E-state index contributed by atoms with van der Waals surface area (Å²) in [5.41, 5.74) is 1.04. The monoisotopic (exact) mass is 390 g/mol. The van der Waals surface area contributed by atoms with E-state index in [0.717, 1.165) is 4.90 Å². The van der Waals surface area contributed by atoms with E-state index in [4.69, 9.17) is 21.1 Å². The number of nitrogens with one attached hydrogen (secondary N) is 1. The summed E-state index contributed by atoms with van der Waals surface area (Å²) < 4.78 is 24.7. The Morgan fingerprint density at radius 3 is 2.63 bits per heavy atom. The Balaban J connectivity index is 1.87. The number of likely N-dealkylation sites (N-methyl/N-ethyl adjacent to an activating group) is 1. The van der Waals surface area contributed by atoms with Crippen LogP contribution in [0.2, 0.25) is 5.02 Å². The summed E-state index contributed by atoms with van der Waals surface area (Å²) in [7, 11) is 2.82. The molecule has 27 heavy (non-hydrogen) atoms. The molecule has 0 radical (unpaired) electrons. The van der Waals surface area contributed by atoms with Crippen LogP contribution in [0.4, 0.5) is 9.18 Å². The first kappa shape index (κ1) is 18.7. The van der Waals surface area contributed by atoms with Crippen molar-refractivity contribution in [3.05, 3.63) is 64.1 Å². The quantitative estimate of drug-likeness (QED) is 0.625. The Morgan fingerprint density at radius 1 is 1.26 bits per heavy atom. The summed E-state index contributed by atoms with van der Waals surface area (Å²) in [6, 6.07) is 8.92. The van der Waals surface area contributed by atoms with Gasteiger partial charge in [-0.3, -0.25) is 9.69 Å². The molecular formula is C19H16ClFN2O4. The van der Waals surface area contributed by atoms with E-state index in [1.807, 2.05) is 0 Å². The standard InChI is InChI=1S/C19H16ClFN2O4/c1-23-18(24)15(22-19(23)25)8-11-7-13(20)17(16(9-11)26-2)27-10-12-5-3-4-6-14(12)21/h3-9H,10H2,1-2H3,(H,22,25)/b15-8+. The van der Waals surface area contributed by atoms with E-state index >= 15 is 0 Å². The van der Waals surface area contributed by atoms with Crippen molar-refractivity contribution in [3.63, 3.8) is 0 Å². The summed E-state index contributed by atoms with van der Waals surface area (Å²) >= 11 is 6.29. The number of ether oxygens (including phenoxy) is 2. The molecule has 0 saturated carbocycles. The van der Waals surface area contributed by atoms with Crippen LogP contribution >= 0.6 is 11.6 Å². The molecule has 0 unspecified atom stereocenters. The third-order valence-electron chi connectivity index (χ3n) is 3.97. The van der Waals surface area contributed by atoms with Crippen LogP contribution in [-0.2, 0) is 11.4 Å². The summed E-state index contributed by atoms with van der Waals surface area (Å²) in [6.45, 7) is -0.0253. The second kappa shape index (κ2) is 7.67. The molecule has 1 N–H and O–H groups in total. The molecule has 6 nitrogen and oxygen atoms in total. The van der Waals surface area contributed by atoms with Gasteiger partial charge in [0.2, 0.25) is 0 Å². The number of hydrogen-bond acceptors (Lipinski definition) is 4. The van der Waals surface area contributed by atoms with Crippen LogP contribution in [0.3, 0.4) is 0 Å². The Labute approximate surface area is 160 Å². The molecule has 2 aromatic rings. The van der Waals surface area contributed by atoms with E-state index in [9.17, 15) is 14.0 Å². The lowest BCUT2D eigenvalue weighted by atomic mass is 10.1. The number of nitrogens with zero attached hydrogens (tertiary/aromatic N) is 1. The van der Waals surface area contributed by atoms with Crippen LogP contribution in [0.25, 0.3) is 6.08 Å². The van der Waals surface area contributed by atoms with Gasteiger partial charge in [0.1, 0.15) is 18.1 Å². The van der Waals surface area contributed by atoms with E-state index in [-0.39, 0.29) is 28.9 Å². The van der Waals surface area contributed by atoms with Crippen LogP contribution in [0.1, 0.15) is 11.1 Å². The molecule has 0 aliphatic carbocycles. The molecule has 3 amide bonds. The van der Waals surface area contributed by atoms with E-state index in [1.165, 1.54) is 26.3 Å². The van der Waals surface area contributed by atoms with Crippen LogP contribution < -0.4 is 14.8 Å². The van der Waals surface area contributed by atoms with Crippen LogP contribution in [0, 0.1) is 5.82 Å². The molecule has 3 rings (SSSR count). The third kappa shape index (κ3) is 3.88. The maximum atomic E-state index is 13.7. The molecule has 1 aliphatic rings. The smallest absolute Gasteiger partial charge is 0.328 e. The molecule has 140 valence electrons. The van der Waals surface area contributed by atoms with Gasteiger partial charge in [0.15, 0.2) is 11.5 Å². The van der Waals surface area contributed by atoms with Crippen molar-refractivity contribution in [2.24, 2.45) is 0 Å². The number of carbonyl (C=O) groups is 2. The van der Waals surface area contributed by atoms with E-state index in [1.54, 1.807) is 30.3 Å². The second-order valence-corrected chi connectivity index (χ2v) is 6.17. The first-order chi connectivity index (χ1) is 12.9. The molecule has 2 aromatic carbocycles. The lowest BCUT2D eigenvalue weighted by Crippen LogP contribution is -2.25. The highest BCUT2D eigenvalue weighted by molar-refractivity contribution is 6.32. The highest BCUT2D eigenvalue weighted by atomic mass is 35.5. The SMILES string of the molecule is COc1cc(/C=C2/NC(=O)N(C)C2=O)cc(Cl)c1OCc1ccccc1F. The van der Waals surface area contributed by atoms with Crippen molar-refractivity contribution >= 4 is 29.6 Å². The van der Waals surface area contributed by atoms with Crippen molar-refractivity contribution in [1.29, 1.82) is 0 Å². The predicted octanol–water partition coefficient (Wildman–Crippen LogP) is 3.59. The summed E-state index contributed by atoms with van der Waals surface area (Å²) in [4.78, 5) is 24.5. The largest absolute Gasteiger partial charge is 0.493 e. The van der Waals surface area contributed by atoms with Gasteiger partial charge in [-0.05, 0) is 29.8 Å². The van der Waals surface area contributed by atoms with Gasteiger partial charge in [-0.2, -0.15) is 0 Å². The molecular weight excluding hydrogens is 375 g/mol. The number of rotatable bonds is 5. The molecule has 8 heteroatoms. The fourth-order valence-corrected chi connectivity index (χ4v) is 2.79. The predicted molar refractivity (Wildman–Crippen MR) is 98.0 cm³/mol. The zero-order chi connectivity index (χ0) is 19.6. The minimum atomic E-state index is -0.505. The number of hydrogen-bond donors (Lipinski definition) is 1. The first-order valence-corrected chi connectivity index (χ1v) is 8.33. The molecule has 0 atom stereocenters. The minimum absolute atomic E-state index is 0.0253. The van der Waals surface area contributed by atoms with Crippen molar-refractivity contribution in [1.82, 2.24) is 10.2 Å². The van der Waals surface area contributed by atoms with Gasteiger partial charge in [-0.15, -0.1) is 0 Å². The number of methoxy groups -OCH3 is 1. The van der Waals surface area contributed by atoms with Gasteiger partial charge >= 0.3 is 6.03 Å². The normalized spacial score (nSPS) is 15.3. The van der Waals surface area contributed by atoms with Gasteiger partial charge in [0.05, 0.1) is 12.1 Å². The molecule has 0 bridgehead atoms. The fraction of sp³-hybridized carbons (Fsp3) is 0.158. The molecule has 1 fully saturated rings. The van der Waals surface area contributed by atoms with E-state index < -0.39 is 11.9 Å². The number of carbonyl (C=O) groups excluding carboxylic acids is 2. The zero-order valence-electron chi connectivity index (χ0n) is 14.6. The van der Waals surface area contributed by atoms with Gasteiger partial charge in [0, 0.05) is 12.6 Å². The first-order valence-electron chi connectivity index (χ1n) is 7.95. The topological polar surface area (TPSA) is 67.9 Å². The third-order valence-corrected chi connectivity index (χ3v) is 4.25. The molecule has 1 saturated heterocycles. The van der Waals surface area contributed by atoms with Gasteiger partial charge in [0.25, 0.3) is 5.91 Å². The lowest BCUT2D eigenvalue weighted by Gasteiger charge is -2.14. The summed E-state index contributed by atoms with van der Waals surface area (Å²) in [6.07, 6.45) is 1.48. The number of benzene rings is 2. The Hall–Kier alpha value is -3.06. The average Bonchev–Trinajstić information content (AvgIpc) is 2.88. The maximum Gasteiger partial charge on any atom is 0.328 e. The Kier molecular flexibility index (Phi) is 5.32. The highest BCUT2D eigenvalue weighted by Gasteiger charge is 2.30. The highest BCUT2D eigenvalue weighted by Crippen LogP contribution is 2.37. The van der Waals surface area contributed by atoms with Crippen LogP contribution in [0.5, 0.6) is 11.5 Å². The van der Waals surface area contributed by atoms with E-state index in [0.29, 0.717) is 16.9 Å². The van der Waals surface area contributed by atoms with Crippen LogP contribution in [0.15, 0.2) is 42.1 Å². The number of imide groups is 1. The second-order valence-electron chi connectivity index (χ2n) is 5.77. The van der Waals surface area contributed by atoms with Gasteiger partial charge < -0.3 is 14.8 Å². The van der Waals surface area contributed by atoms with Crippen molar-refractivity contribution in [2.75, 3.05) is 14.2 Å². The molecule has 1 heterocycles. The number of urea groups is 1. The summed E-state index contributed by atoms with van der Waals surface area (Å²) in [5, 5.41) is 2.69. The Morgan fingerprint density at radius 2 is 2.00 bits per heavy atom. The van der Waals surface area contributed by atoms with Crippen LogP contribution in [-0.4, -0.2) is 31.0 Å². The molecule has 0 spiro atoms. The number of amides is 3. The van der Waals surface area contributed by atoms with E-state index in [2.05, 4.69) is 5.32 Å². The number of halogens is 2. The zero-order valence-corrected chi connectivity index (χ0v) is 15.3. The fourth-order valence-electron chi connectivity index (χ4n) is 2.52.